The summed E-state index contributed by atoms with van der Waals surface area (Å²) in [6.07, 6.45) is 2.23. The molecule has 2 atom stereocenters. The van der Waals surface area contributed by atoms with Crippen molar-refractivity contribution in [2.45, 2.75) is 32.2 Å². The first kappa shape index (κ1) is 15.1. The van der Waals surface area contributed by atoms with Crippen molar-refractivity contribution in [3.05, 3.63) is 29.8 Å². The second kappa shape index (κ2) is 5.76. The average molecular weight is 308 g/mol. The zero-order valence-corrected chi connectivity index (χ0v) is 12.4. The number of carbonyl (C=O) groups is 2. The summed E-state index contributed by atoms with van der Waals surface area (Å²) in [7, 11) is 0. The van der Waals surface area contributed by atoms with Gasteiger partial charge in [0.2, 0.25) is 5.91 Å². The minimum Gasteiger partial charge on any atom is -0.291 e. The fourth-order valence-electron chi connectivity index (χ4n) is 3.31. The zero-order valence-electron chi connectivity index (χ0n) is 12.4. The fraction of sp³-hybridized carbons (Fsp3) is 0.500. The van der Waals surface area contributed by atoms with Gasteiger partial charge >= 0.3 is 0 Å². The van der Waals surface area contributed by atoms with Crippen LogP contribution in [0.15, 0.2) is 18.2 Å². The van der Waals surface area contributed by atoms with Gasteiger partial charge in [0.1, 0.15) is 0 Å². The lowest BCUT2D eigenvalue weighted by Crippen LogP contribution is -2.46. The Morgan fingerprint density at radius 2 is 1.95 bits per heavy atom. The largest absolute Gasteiger partial charge is 0.291 e. The van der Waals surface area contributed by atoms with Crippen LogP contribution in [0.3, 0.4) is 0 Å². The Balaban J connectivity index is 1.83. The predicted octanol–water partition coefficient (Wildman–Crippen LogP) is 2.33. The molecule has 2 aliphatic rings. The first-order valence-electron chi connectivity index (χ1n) is 7.53. The number of nitrogens with zero attached hydrogens (tertiary/aromatic N) is 2. The highest BCUT2D eigenvalue weighted by atomic mass is 19.2. The minimum absolute atomic E-state index is 0.0986. The van der Waals surface area contributed by atoms with Crippen LogP contribution < -0.4 is 4.90 Å². The number of carbonyl (C=O) groups excluding carboxylic acids is 2. The predicted molar refractivity (Wildman–Crippen MR) is 77.2 cm³/mol. The van der Waals surface area contributed by atoms with Gasteiger partial charge in [-0.2, -0.15) is 0 Å². The number of halogens is 2. The quantitative estimate of drug-likeness (QED) is 0.787. The second-order valence-electron chi connectivity index (χ2n) is 6.13. The van der Waals surface area contributed by atoms with Gasteiger partial charge in [-0.15, -0.1) is 0 Å². The number of anilines is 1. The lowest BCUT2D eigenvalue weighted by molar-refractivity contribution is -0.123. The van der Waals surface area contributed by atoms with Crippen molar-refractivity contribution in [2.24, 2.45) is 5.92 Å². The molecule has 1 aromatic carbocycles. The van der Waals surface area contributed by atoms with Crippen LogP contribution in [-0.4, -0.2) is 35.8 Å². The highest BCUT2D eigenvalue weighted by Gasteiger charge is 2.43. The van der Waals surface area contributed by atoms with Crippen molar-refractivity contribution in [2.75, 3.05) is 18.0 Å². The molecule has 2 fully saturated rings. The monoisotopic (exact) mass is 308 g/mol. The van der Waals surface area contributed by atoms with E-state index in [2.05, 4.69) is 6.92 Å². The number of piperidine rings is 1. The maximum absolute atomic E-state index is 13.4. The summed E-state index contributed by atoms with van der Waals surface area (Å²) in [6.45, 7) is 3.70. The summed E-state index contributed by atoms with van der Waals surface area (Å²) in [5.74, 6) is -2.27. The van der Waals surface area contributed by atoms with Gasteiger partial charge in [0.15, 0.2) is 11.6 Å². The molecule has 6 heteroatoms. The zero-order chi connectivity index (χ0) is 15.9. The number of likely N-dealkylation sites (tertiary alicyclic amines) is 1. The van der Waals surface area contributed by atoms with Gasteiger partial charge in [-0.05, 0) is 37.4 Å². The molecule has 4 nitrogen and oxygen atoms in total. The molecule has 0 radical (unpaired) electrons. The third-order valence-electron chi connectivity index (χ3n) is 4.41. The Morgan fingerprint density at radius 1 is 1.18 bits per heavy atom. The van der Waals surface area contributed by atoms with Gasteiger partial charge in [0.05, 0.1) is 18.2 Å². The lowest BCUT2D eigenvalue weighted by atomic mass is 9.98. The van der Waals surface area contributed by atoms with Crippen LogP contribution in [0, 0.1) is 17.6 Å². The molecule has 0 aliphatic carbocycles. The van der Waals surface area contributed by atoms with Crippen molar-refractivity contribution in [1.82, 2.24) is 4.90 Å². The molecule has 3 rings (SSSR count). The summed E-state index contributed by atoms with van der Waals surface area (Å²) in [5, 5.41) is 0. The van der Waals surface area contributed by atoms with Gasteiger partial charge in [0, 0.05) is 12.6 Å². The van der Waals surface area contributed by atoms with Crippen LogP contribution in [0.5, 0.6) is 0 Å². The van der Waals surface area contributed by atoms with E-state index < -0.39 is 17.7 Å². The van der Waals surface area contributed by atoms with Crippen LogP contribution in [0.1, 0.15) is 26.2 Å². The number of amides is 2. The van der Waals surface area contributed by atoms with Gasteiger partial charge in [-0.25, -0.2) is 13.7 Å². The molecule has 0 saturated carbocycles. The number of hydrogen-bond acceptors (Lipinski definition) is 3. The summed E-state index contributed by atoms with van der Waals surface area (Å²) in [5.41, 5.74) is 0.0986. The van der Waals surface area contributed by atoms with E-state index in [0.717, 1.165) is 43.0 Å². The highest BCUT2D eigenvalue weighted by molar-refractivity contribution is 6.22. The van der Waals surface area contributed by atoms with E-state index in [1.54, 1.807) is 0 Å². The minimum atomic E-state index is -1.06. The van der Waals surface area contributed by atoms with E-state index in [0.29, 0.717) is 5.92 Å². The Hall–Kier alpha value is -1.82. The normalized spacial score (nSPS) is 26.8. The molecule has 118 valence electrons. The Labute approximate surface area is 127 Å². The van der Waals surface area contributed by atoms with E-state index in [-0.39, 0.29) is 23.9 Å². The van der Waals surface area contributed by atoms with Crippen LogP contribution in [0.4, 0.5) is 14.5 Å². The maximum Gasteiger partial charge on any atom is 0.251 e. The number of rotatable bonds is 2. The molecule has 22 heavy (non-hydrogen) atoms. The van der Waals surface area contributed by atoms with E-state index in [1.165, 1.54) is 6.07 Å². The molecule has 2 heterocycles. The van der Waals surface area contributed by atoms with Crippen molar-refractivity contribution in [3.63, 3.8) is 0 Å². The van der Waals surface area contributed by atoms with Crippen LogP contribution in [0.25, 0.3) is 0 Å². The molecule has 2 saturated heterocycles. The first-order chi connectivity index (χ1) is 10.5. The molecule has 0 aromatic heterocycles. The molecule has 1 aromatic rings. The van der Waals surface area contributed by atoms with Crippen molar-refractivity contribution >= 4 is 17.5 Å². The molecule has 0 bridgehead atoms. The number of benzene rings is 1. The molecule has 2 aliphatic heterocycles. The molecule has 0 unspecified atom stereocenters. The van der Waals surface area contributed by atoms with Crippen LogP contribution >= 0.6 is 0 Å². The fourth-order valence-corrected chi connectivity index (χ4v) is 3.31. The van der Waals surface area contributed by atoms with E-state index in [4.69, 9.17) is 0 Å². The summed E-state index contributed by atoms with van der Waals surface area (Å²) >= 11 is 0. The molecule has 2 amide bonds. The number of imide groups is 1. The SMILES string of the molecule is C[C@H]1CCCN([C@@H]2CC(=O)N(c3ccc(F)c(F)c3)C2=O)C1. The van der Waals surface area contributed by atoms with Crippen molar-refractivity contribution < 1.29 is 18.4 Å². The first-order valence-corrected chi connectivity index (χ1v) is 7.53. The van der Waals surface area contributed by atoms with E-state index >= 15 is 0 Å². The topological polar surface area (TPSA) is 40.6 Å². The molecular weight excluding hydrogens is 290 g/mol. The molecular formula is C16H18F2N2O2. The van der Waals surface area contributed by atoms with Crippen LogP contribution in [0.2, 0.25) is 0 Å². The molecule has 0 N–H and O–H groups in total. The van der Waals surface area contributed by atoms with Gasteiger partial charge in [0.25, 0.3) is 5.91 Å². The molecule has 0 spiro atoms. The third-order valence-corrected chi connectivity index (χ3v) is 4.41. The highest BCUT2D eigenvalue weighted by Crippen LogP contribution is 2.29. The van der Waals surface area contributed by atoms with E-state index in [1.807, 2.05) is 4.90 Å². The summed E-state index contributed by atoms with van der Waals surface area (Å²) in [4.78, 5) is 27.8. The van der Waals surface area contributed by atoms with Crippen molar-refractivity contribution in [3.8, 4) is 0 Å². The average Bonchev–Trinajstić information content (AvgIpc) is 2.77. The Kier molecular flexibility index (Phi) is 3.95. The smallest absolute Gasteiger partial charge is 0.251 e. The summed E-state index contributed by atoms with van der Waals surface area (Å²) < 4.78 is 26.4. The van der Waals surface area contributed by atoms with Gasteiger partial charge in [-0.1, -0.05) is 6.92 Å². The number of hydrogen-bond donors (Lipinski definition) is 0. The van der Waals surface area contributed by atoms with Gasteiger partial charge in [-0.3, -0.25) is 14.5 Å². The Bertz CT molecular complexity index is 620. The van der Waals surface area contributed by atoms with Gasteiger partial charge < -0.3 is 0 Å². The second-order valence-corrected chi connectivity index (χ2v) is 6.13. The van der Waals surface area contributed by atoms with E-state index in [9.17, 15) is 18.4 Å². The standard InChI is InChI=1S/C16H18F2N2O2/c1-10-3-2-6-19(9-10)14-8-15(21)20(16(14)22)11-4-5-12(17)13(18)7-11/h4-5,7,10,14H,2-3,6,8-9H2,1H3/t10-,14+/m0/s1. The maximum atomic E-state index is 13.4. The summed E-state index contributed by atoms with van der Waals surface area (Å²) in [6, 6.07) is 2.60. The lowest BCUT2D eigenvalue weighted by Gasteiger charge is -2.34. The third kappa shape index (κ3) is 2.63. The van der Waals surface area contributed by atoms with Crippen molar-refractivity contribution in [1.29, 1.82) is 0 Å². The van der Waals surface area contributed by atoms with Crippen LogP contribution in [-0.2, 0) is 9.59 Å². The Morgan fingerprint density at radius 3 is 2.64 bits per heavy atom.